The highest BCUT2D eigenvalue weighted by atomic mass is 16.7. The Kier molecular flexibility index (Phi) is 3.72. The third-order valence-electron chi connectivity index (χ3n) is 2.99. The highest BCUT2D eigenvalue weighted by Gasteiger charge is 2.17. The molecule has 0 atom stereocenters. The molecule has 1 amide bonds. The Bertz CT molecular complexity index is 459. The van der Waals surface area contributed by atoms with Gasteiger partial charge in [0.25, 0.3) is 0 Å². The Balaban J connectivity index is 2.12. The number of amides is 1. The molecule has 0 spiro atoms. The zero-order valence-electron chi connectivity index (χ0n) is 10.6. The van der Waals surface area contributed by atoms with Crippen molar-refractivity contribution < 1.29 is 19.4 Å². The van der Waals surface area contributed by atoms with Crippen LogP contribution in [-0.4, -0.2) is 36.4 Å². The summed E-state index contributed by atoms with van der Waals surface area (Å²) in [5.74, 6) is 1.40. The minimum atomic E-state index is -0.122. The van der Waals surface area contributed by atoms with Gasteiger partial charge in [-0.1, -0.05) is 0 Å². The van der Waals surface area contributed by atoms with Gasteiger partial charge in [0.05, 0.1) is 6.61 Å². The summed E-state index contributed by atoms with van der Waals surface area (Å²) < 4.78 is 10.6. The number of ether oxygens (including phenoxy) is 2. The molecule has 0 saturated carbocycles. The molecule has 1 aromatic rings. The number of hydrogen-bond acceptors (Lipinski definition) is 4. The fraction of sp³-hybridized carbons (Fsp3) is 0.462. The lowest BCUT2D eigenvalue weighted by Gasteiger charge is -2.18. The van der Waals surface area contributed by atoms with Gasteiger partial charge in [0, 0.05) is 20.0 Å². The number of nitrogens with zero attached hydrogens (tertiary/aromatic N) is 1. The van der Waals surface area contributed by atoms with Crippen LogP contribution in [0.4, 0.5) is 0 Å². The van der Waals surface area contributed by atoms with Crippen molar-refractivity contribution in [1.29, 1.82) is 0 Å². The lowest BCUT2D eigenvalue weighted by Crippen LogP contribution is -2.27. The topological polar surface area (TPSA) is 59.0 Å². The Morgan fingerprint density at radius 2 is 2.06 bits per heavy atom. The number of benzene rings is 1. The number of aliphatic hydroxyl groups is 1. The van der Waals surface area contributed by atoms with Gasteiger partial charge in [0.1, 0.15) is 0 Å². The highest BCUT2D eigenvalue weighted by Crippen LogP contribution is 2.34. The molecule has 0 aliphatic carbocycles. The van der Waals surface area contributed by atoms with E-state index < -0.39 is 0 Å². The lowest BCUT2D eigenvalue weighted by atomic mass is 10.1. The molecule has 5 heteroatoms. The summed E-state index contributed by atoms with van der Waals surface area (Å²) in [7, 11) is 1.72. The summed E-state index contributed by atoms with van der Waals surface area (Å²) in [5, 5.41) is 8.75. The molecule has 0 saturated heterocycles. The molecule has 1 N–H and O–H groups in total. The first-order chi connectivity index (χ1) is 8.61. The molecule has 0 bridgehead atoms. The molecule has 1 heterocycles. The maximum absolute atomic E-state index is 11.6. The van der Waals surface area contributed by atoms with Crippen LogP contribution in [0.15, 0.2) is 12.1 Å². The molecule has 0 unspecified atom stereocenters. The largest absolute Gasteiger partial charge is 0.454 e. The van der Waals surface area contributed by atoms with Crippen LogP contribution in [0.3, 0.4) is 0 Å². The molecule has 0 radical (unpaired) electrons. The molecule has 18 heavy (non-hydrogen) atoms. The maximum atomic E-state index is 11.6. The summed E-state index contributed by atoms with van der Waals surface area (Å²) in [5.41, 5.74) is 2.08. The van der Waals surface area contributed by atoms with Gasteiger partial charge < -0.3 is 19.5 Å². The van der Waals surface area contributed by atoms with Crippen LogP contribution in [0.25, 0.3) is 0 Å². The Labute approximate surface area is 106 Å². The minimum Gasteiger partial charge on any atom is -0.454 e. The standard InChI is InChI=1S/C13H17NO4/c1-9-5-11-12(18-8-17-11)6-10(9)7-14(2)13(16)3-4-15/h5-6,15H,3-4,7-8H2,1-2H3. The fourth-order valence-electron chi connectivity index (χ4n) is 1.89. The number of carbonyl (C=O) groups is 1. The number of hydrogen-bond donors (Lipinski definition) is 1. The zero-order chi connectivity index (χ0) is 13.1. The predicted octanol–water partition coefficient (Wildman–Crippen LogP) is 1.06. The first kappa shape index (κ1) is 12.7. The average Bonchev–Trinajstić information content (AvgIpc) is 2.76. The van der Waals surface area contributed by atoms with Crippen molar-refractivity contribution in [3.63, 3.8) is 0 Å². The van der Waals surface area contributed by atoms with Gasteiger partial charge in [-0.05, 0) is 30.2 Å². The second kappa shape index (κ2) is 5.27. The average molecular weight is 251 g/mol. The van der Waals surface area contributed by atoms with Gasteiger partial charge in [-0.15, -0.1) is 0 Å². The predicted molar refractivity (Wildman–Crippen MR) is 65.5 cm³/mol. The van der Waals surface area contributed by atoms with E-state index in [2.05, 4.69) is 0 Å². The van der Waals surface area contributed by atoms with E-state index in [1.165, 1.54) is 0 Å². The quantitative estimate of drug-likeness (QED) is 0.869. The van der Waals surface area contributed by atoms with Crippen molar-refractivity contribution in [1.82, 2.24) is 4.90 Å². The monoisotopic (exact) mass is 251 g/mol. The second-order valence-corrected chi connectivity index (χ2v) is 4.36. The molecule has 2 rings (SSSR count). The summed E-state index contributed by atoms with van der Waals surface area (Å²) in [6.45, 7) is 2.60. The lowest BCUT2D eigenvalue weighted by molar-refractivity contribution is -0.131. The van der Waals surface area contributed by atoms with Gasteiger partial charge in [0.2, 0.25) is 12.7 Å². The van der Waals surface area contributed by atoms with Crippen LogP contribution in [0.2, 0.25) is 0 Å². The molecular weight excluding hydrogens is 234 g/mol. The van der Waals surface area contributed by atoms with Gasteiger partial charge in [-0.2, -0.15) is 0 Å². The van der Waals surface area contributed by atoms with Crippen molar-refractivity contribution in [2.75, 3.05) is 20.4 Å². The van der Waals surface area contributed by atoms with Gasteiger partial charge in [-0.3, -0.25) is 4.79 Å². The van der Waals surface area contributed by atoms with Crippen molar-refractivity contribution in [2.24, 2.45) is 0 Å². The number of rotatable bonds is 4. The van der Waals surface area contributed by atoms with E-state index in [-0.39, 0.29) is 25.7 Å². The van der Waals surface area contributed by atoms with Crippen LogP contribution < -0.4 is 9.47 Å². The Morgan fingerprint density at radius 3 is 2.72 bits per heavy atom. The summed E-state index contributed by atoms with van der Waals surface area (Å²) in [4.78, 5) is 13.2. The molecule has 98 valence electrons. The molecule has 5 nitrogen and oxygen atoms in total. The van der Waals surface area contributed by atoms with E-state index in [1.807, 2.05) is 19.1 Å². The van der Waals surface area contributed by atoms with Gasteiger partial charge >= 0.3 is 0 Å². The summed E-state index contributed by atoms with van der Waals surface area (Å²) in [6.07, 6.45) is 0.153. The first-order valence-corrected chi connectivity index (χ1v) is 5.85. The molecule has 1 aromatic carbocycles. The van der Waals surface area contributed by atoms with Crippen molar-refractivity contribution in [2.45, 2.75) is 19.9 Å². The van der Waals surface area contributed by atoms with E-state index in [4.69, 9.17) is 14.6 Å². The summed E-state index contributed by atoms with van der Waals surface area (Å²) >= 11 is 0. The number of carbonyl (C=O) groups excluding carboxylic acids is 1. The molecule has 0 aromatic heterocycles. The smallest absolute Gasteiger partial charge is 0.231 e. The molecular formula is C13H17NO4. The molecule has 0 fully saturated rings. The number of aryl methyl sites for hydroxylation is 1. The third-order valence-corrected chi connectivity index (χ3v) is 2.99. The third kappa shape index (κ3) is 2.56. The van der Waals surface area contributed by atoms with E-state index in [0.717, 1.165) is 22.6 Å². The van der Waals surface area contributed by atoms with Crippen LogP contribution in [0.1, 0.15) is 17.5 Å². The van der Waals surface area contributed by atoms with Gasteiger partial charge in [-0.25, -0.2) is 0 Å². The zero-order valence-corrected chi connectivity index (χ0v) is 10.6. The minimum absolute atomic E-state index is 0.0745. The normalized spacial score (nSPS) is 12.6. The Morgan fingerprint density at radius 1 is 1.39 bits per heavy atom. The van der Waals surface area contributed by atoms with Crippen LogP contribution >= 0.6 is 0 Å². The van der Waals surface area contributed by atoms with Gasteiger partial charge in [0.15, 0.2) is 11.5 Å². The van der Waals surface area contributed by atoms with Crippen LogP contribution in [0, 0.1) is 6.92 Å². The SMILES string of the molecule is Cc1cc2c(cc1CN(C)C(=O)CCO)OCO2. The number of aliphatic hydroxyl groups excluding tert-OH is 1. The van der Waals surface area contributed by atoms with Crippen LogP contribution in [0.5, 0.6) is 11.5 Å². The molecule has 1 aliphatic heterocycles. The van der Waals surface area contributed by atoms with E-state index in [0.29, 0.717) is 6.54 Å². The maximum Gasteiger partial charge on any atom is 0.231 e. The highest BCUT2D eigenvalue weighted by molar-refractivity contribution is 5.76. The summed E-state index contributed by atoms with van der Waals surface area (Å²) in [6, 6.07) is 3.82. The number of fused-ring (bicyclic) bond motifs is 1. The van der Waals surface area contributed by atoms with E-state index in [9.17, 15) is 4.79 Å². The first-order valence-electron chi connectivity index (χ1n) is 5.85. The van der Waals surface area contributed by atoms with Crippen molar-refractivity contribution in [3.05, 3.63) is 23.3 Å². The van der Waals surface area contributed by atoms with Crippen molar-refractivity contribution >= 4 is 5.91 Å². The molecule has 1 aliphatic rings. The van der Waals surface area contributed by atoms with Crippen LogP contribution in [-0.2, 0) is 11.3 Å². The second-order valence-electron chi connectivity index (χ2n) is 4.36. The van der Waals surface area contributed by atoms with E-state index in [1.54, 1.807) is 11.9 Å². The Hall–Kier alpha value is -1.75. The van der Waals surface area contributed by atoms with Crippen molar-refractivity contribution in [3.8, 4) is 11.5 Å². The fourth-order valence-corrected chi connectivity index (χ4v) is 1.89. The van der Waals surface area contributed by atoms with E-state index >= 15 is 0 Å².